The van der Waals surface area contributed by atoms with E-state index in [4.69, 9.17) is 9.47 Å². The van der Waals surface area contributed by atoms with E-state index in [0.29, 0.717) is 36.3 Å². The first-order valence-electron chi connectivity index (χ1n) is 16.0. The van der Waals surface area contributed by atoms with E-state index in [-0.39, 0.29) is 6.42 Å². The number of hydrogen-bond donors (Lipinski definition) is 0. The van der Waals surface area contributed by atoms with Crippen LogP contribution in [0, 0.1) is 23.7 Å². The number of anilines is 1. The number of hydrogen-bond acceptors (Lipinski definition) is 5. The molecule has 2 aliphatic carbocycles. The predicted molar refractivity (Wildman–Crippen MR) is 165 cm³/mol. The van der Waals surface area contributed by atoms with Gasteiger partial charge in [0.1, 0.15) is 11.5 Å². The fourth-order valence-electron chi connectivity index (χ4n) is 6.89. The van der Waals surface area contributed by atoms with E-state index < -0.39 is 30.4 Å². The van der Waals surface area contributed by atoms with Gasteiger partial charge >= 0.3 is 12.1 Å². The first-order valence-corrected chi connectivity index (χ1v) is 16.0. The molecular weight excluding hydrogens is 583 g/mol. The van der Waals surface area contributed by atoms with E-state index in [9.17, 15) is 27.6 Å². The zero-order chi connectivity index (χ0) is 31.8. The van der Waals surface area contributed by atoms with Crippen LogP contribution in [0.2, 0.25) is 0 Å². The molecule has 0 bridgehead atoms. The lowest BCUT2D eigenvalue weighted by Crippen LogP contribution is -2.29. The molecule has 0 saturated heterocycles. The SMILES string of the molecule is O=C(/C=C/c1ccc(OCC2CCC(C3CCC(CCCC(F)(F)F)CC3)CC2)cc1)Oc1ccc(N2C(=O)C=CC2=O)cc1. The van der Waals surface area contributed by atoms with E-state index in [2.05, 4.69) is 0 Å². The van der Waals surface area contributed by atoms with E-state index in [0.717, 1.165) is 66.6 Å². The molecule has 240 valence electrons. The molecule has 0 aromatic heterocycles. The second-order valence-corrected chi connectivity index (χ2v) is 12.5. The smallest absolute Gasteiger partial charge is 0.389 e. The molecule has 2 aromatic rings. The summed E-state index contributed by atoms with van der Waals surface area (Å²) in [6, 6.07) is 13.7. The number of halogens is 3. The number of rotatable bonds is 11. The van der Waals surface area contributed by atoms with Crippen molar-refractivity contribution >= 4 is 29.5 Å². The molecule has 1 aliphatic heterocycles. The molecule has 6 nitrogen and oxygen atoms in total. The van der Waals surface area contributed by atoms with Gasteiger partial charge in [-0.05, 0) is 117 Å². The third kappa shape index (κ3) is 9.55. The van der Waals surface area contributed by atoms with Crippen molar-refractivity contribution in [2.75, 3.05) is 11.5 Å². The van der Waals surface area contributed by atoms with E-state index in [1.807, 2.05) is 24.3 Å². The summed E-state index contributed by atoms with van der Waals surface area (Å²) in [5.74, 6) is 2.15. The minimum atomic E-state index is -4.03. The van der Waals surface area contributed by atoms with Gasteiger partial charge in [0.15, 0.2) is 0 Å². The van der Waals surface area contributed by atoms with Gasteiger partial charge in [-0.2, -0.15) is 13.2 Å². The molecule has 3 aliphatic rings. The summed E-state index contributed by atoms with van der Waals surface area (Å²) < 4.78 is 48.7. The van der Waals surface area contributed by atoms with Crippen molar-refractivity contribution in [3.05, 3.63) is 72.3 Å². The largest absolute Gasteiger partial charge is 0.493 e. The van der Waals surface area contributed by atoms with Crippen LogP contribution in [-0.4, -0.2) is 30.6 Å². The number of ether oxygens (including phenoxy) is 2. The molecule has 0 N–H and O–H groups in total. The zero-order valence-corrected chi connectivity index (χ0v) is 25.3. The van der Waals surface area contributed by atoms with Gasteiger partial charge in [-0.25, -0.2) is 9.69 Å². The third-order valence-corrected chi connectivity index (χ3v) is 9.42. The molecule has 2 fully saturated rings. The quantitative estimate of drug-likeness (QED) is 0.109. The van der Waals surface area contributed by atoms with Gasteiger partial charge in [0.25, 0.3) is 11.8 Å². The highest BCUT2D eigenvalue weighted by Crippen LogP contribution is 2.42. The fraction of sp³-hybridized carbons (Fsp3) is 0.472. The van der Waals surface area contributed by atoms with Crippen LogP contribution in [0.15, 0.2) is 66.8 Å². The molecule has 5 rings (SSSR count). The summed E-state index contributed by atoms with van der Waals surface area (Å²) in [7, 11) is 0. The van der Waals surface area contributed by atoms with Crippen molar-refractivity contribution in [2.45, 2.75) is 76.8 Å². The minimum Gasteiger partial charge on any atom is -0.493 e. The molecule has 0 spiro atoms. The standard InChI is InChI=1S/C36H40F3NO5/c37-36(38,39)23-1-2-25-3-10-28(11-4-25)29-12-5-27(6-13-29)24-44-31-16-7-26(8-17-31)9-22-35(43)45-32-18-14-30(15-19-32)40-33(41)20-21-34(40)42/h7-9,14-22,25,27-29H,1-6,10-13,23-24H2/b22-9+. The molecule has 2 amide bonds. The van der Waals surface area contributed by atoms with Crippen LogP contribution < -0.4 is 14.4 Å². The molecule has 45 heavy (non-hydrogen) atoms. The molecule has 0 atom stereocenters. The Balaban J connectivity index is 0.978. The Kier molecular flexibility index (Phi) is 10.8. The number of imide groups is 1. The number of esters is 1. The second-order valence-electron chi connectivity index (χ2n) is 12.5. The lowest BCUT2D eigenvalue weighted by Gasteiger charge is -2.38. The monoisotopic (exact) mass is 623 g/mol. The highest BCUT2D eigenvalue weighted by molar-refractivity contribution is 6.28. The van der Waals surface area contributed by atoms with Crippen LogP contribution >= 0.6 is 0 Å². The Morgan fingerprint density at radius 3 is 1.91 bits per heavy atom. The Morgan fingerprint density at radius 2 is 1.33 bits per heavy atom. The lowest BCUT2D eigenvalue weighted by molar-refractivity contribution is -0.136. The second kappa shape index (κ2) is 14.9. The van der Waals surface area contributed by atoms with Crippen LogP contribution in [-0.2, 0) is 14.4 Å². The molecule has 9 heteroatoms. The summed E-state index contributed by atoms with van der Waals surface area (Å²) in [6.45, 7) is 0.676. The van der Waals surface area contributed by atoms with Crippen molar-refractivity contribution in [1.82, 2.24) is 0 Å². The average molecular weight is 624 g/mol. The summed E-state index contributed by atoms with van der Waals surface area (Å²) >= 11 is 0. The molecule has 0 unspecified atom stereocenters. The number of benzene rings is 2. The first-order chi connectivity index (χ1) is 21.6. The minimum absolute atomic E-state index is 0.267. The van der Waals surface area contributed by atoms with Crippen molar-refractivity contribution in [3.63, 3.8) is 0 Å². The van der Waals surface area contributed by atoms with Gasteiger partial charge in [0.2, 0.25) is 0 Å². The van der Waals surface area contributed by atoms with Crippen LogP contribution in [0.25, 0.3) is 6.08 Å². The first kappa shape index (κ1) is 32.5. The lowest BCUT2D eigenvalue weighted by atomic mass is 9.69. The molecule has 1 heterocycles. The van der Waals surface area contributed by atoms with Crippen molar-refractivity contribution in [3.8, 4) is 11.5 Å². The number of nitrogens with zero attached hydrogens (tertiary/aromatic N) is 1. The Hall–Kier alpha value is -3.88. The van der Waals surface area contributed by atoms with E-state index >= 15 is 0 Å². The summed E-state index contributed by atoms with van der Waals surface area (Å²) in [6.07, 6.45) is 10.9. The molecular formula is C36H40F3NO5. The Morgan fingerprint density at radius 1 is 0.778 bits per heavy atom. The van der Waals surface area contributed by atoms with Crippen molar-refractivity contribution in [2.24, 2.45) is 23.7 Å². The van der Waals surface area contributed by atoms with E-state index in [1.165, 1.54) is 43.2 Å². The number of alkyl halides is 3. The molecule has 0 radical (unpaired) electrons. The average Bonchev–Trinajstić information content (AvgIpc) is 3.37. The van der Waals surface area contributed by atoms with Gasteiger partial charge < -0.3 is 9.47 Å². The number of carbonyl (C=O) groups is 3. The van der Waals surface area contributed by atoms with Gasteiger partial charge in [0.05, 0.1) is 12.3 Å². The number of carbonyl (C=O) groups excluding carboxylic acids is 3. The summed E-state index contributed by atoms with van der Waals surface area (Å²) in [5.41, 5.74) is 1.22. The maximum Gasteiger partial charge on any atom is 0.389 e. The van der Waals surface area contributed by atoms with Gasteiger partial charge in [-0.1, -0.05) is 31.4 Å². The van der Waals surface area contributed by atoms with Crippen molar-refractivity contribution in [1.29, 1.82) is 0 Å². The highest BCUT2D eigenvalue weighted by Gasteiger charge is 2.32. The Bertz CT molecular complexity index is 1350. The maximum absolute atomic E-state index is 12.4. The van der Waals surface area contributed by atoms with Crippen LogP contribution in [0.5, 0.6) is 11.5 Å². The van der Waals surface area contributed by atoms with Crippen LogP contribution in [0.3, 0.4) is 0 Å². The molecule has 2 aromatic carbocycles. The maximum atomic E-state index is 12.4. The third-order valence-electron chi connectivity index (χ3n) is 9.42. The van der Waals surface area contributed by atoms with Crippen molar-refractivity contribution < 1.29 is 37.0 Å². The Labute approximate surface area is 262 Å². The zero-order valence-electron chi connectivity index (χ0n) is 25.3. The predicted octanol–water partition coefficient (Wildman–Crippen LogP) is 8.46. The normalized spacial score (nSPS) is 23.9. The van der Waals surface area contributed by atoms with Gasteiger partial charge in [-0.3, -0.25) is 9.59 Å². The summed E-state index contributed by atoms with van der Waals surface area (Å²) in [5, 5.41) is 0. The van der Waals surface area contributed by atoms with Crippen LogP contribution in [0.4, 0.5) is 18.9 Å². The highest BCUT2D eigenvalue weighted by atomic mass is 19.4. The van der Waals surface area contributed by atoms with Gasteiger partial charge in [-0.15, -0.1) is 0 Å². The van der Waals surface area contributed by atoms with E-state index in [1.54, 1.807) is 18.2 Å². The topological polar surface area (TPSA) is 72.9 Å². The fourth-order valence-corrected chi connectivity index (χ4v) is 6.89. The van der Waals surface area contributed by atoms with Crippen LogP contribution in [0.1, 0.15) is 76.2 Å². The summed E-state index contributed by atoms with van der Waals surface area (Å²) in [4.78, 5) is 36.9. The number of amides is 2. The molecule has 2 saturated carbocycles. The van der Waals surface area contributed by atoms with Gasteiger partial charge in [0, 0.05) is 24.6 Å².